The minimum atomic E-state index is -0.0343. The van der Waals surface area contributed by atoms with Gasteiger partial charge in [0.15, 0.2) is 0 Å². The normalized spacial score (nSPS) is 18.3. The first-order valence-electron chi connectivity index (χ1n) is 6.10. The molecule has 1 atom stereocenters. The molecule has 1 unspecified atom stereocenters. The summed E-state index contributed by atoms with van der Waals surface area (Å²) in [7, 11) is 0. The fourth-order valence-corrected chi connectivity index (χ4v) is 2.39. The molecule has 0 aliphatic heterocycles. The summed E-state index contributed by atoms with van der Waals surface area (Å²) in [5.74, 6) is 0.201. The molecule has 4 heteroatoms. The molecule has 0 aromatic heterocycles. The van der Waals surface area contributed by atoms with Crippen LogP contribution in [-0.4, -0.2) is 29.4 Å². The van der Waals surface area contributed by atoms with Crippen LogP contribution in [0.2, 0.25) is 0 Å². The molecule has 0 heterocycles. The van der Waals surface area contributed by atoms with Crippen LogP contribution < -0.4 is 5.73 Å². The van der Waals surface area contributed by atoms with Gasteiger partial charge in [0, 0.05) is 24.5 Å². The van der Waals surface area contributed by atoms with E-state index in [0.717, 1.165) is 0 Å². The summed E-state index contributed by atoms with van der Waals surface area (Å²) in [6, 6.07) is 0.765. The van der Waals surface area contributed by atoms with Crippen LogP contribution >= 0.6 is 12.4 Å². The van der Waals surface area contributed by atoms with Crippen LogP contribution in [0.3, 0.4) is 0 Å². The summed E-state index contributed by atoms with van der Waals surface area (Å²) in [5.41, 5.74) is 5.56. The largest absolute Gasteiger partial charge is 0.337 e. The van der Waals surface area contributed by atoms with Crippen LogP contribution in [0.15, 0.2) is 0 Å². The van der Waals surface area contributed by atoms with Gasteiger partial charge in [-0.25, -0.2) is 0 Å². The second kappa shape index (κ2) is 7.13. The van der Waals surface area contributed by atoms with Crippen molar-refractivity contribution < 1.29 is 4.79 Å². The Labute approximate surface area is 105 Å². The smallest absolute Gasteiger partial charge is 0.227 e. The van der Waals surface area contributed by atoms with Crippen molar-refractivity contribution in [3.63, 3.8) is 0 Å². The maximum Gasteiger partial charge on any atom is 0.227 e. The first kappa shape index (κ1) is 15.7. The molecule has 1 aliphatic carbocycles. The Morgan fingerprint density at radius 2 is 1.81 bits per heavy atom. The Balaban J connectivity index is 0.00000225. The van der Waals surface area contributed by atoms with E-state index in [1.807, 2.05) is 6.92 Å². The highest BCUT2D eigenvalue weighted by molar-refractivity contribution is 5.85. The van der Waals surface area contributed by atoms with E-state index >= 15 is 0 Å². The second-order valence-electron chi connectivity index (χ2n) is 4.91. The van der Waals surface area contributed by atoms with Gasteiger partial charge in [-0.15, -0.1) is 12.4 Å². The SMILES string of the molecule is CC(CN)C(=O)N(C(C)C)C1CCCC1.Cl. The van der Waals surface area contributed by atoms with Crippen molar-refractivity contribution in [3.8, 4) is 0 Å². The van der Waals surface area contributed by atoms with E-state index in [1.54, 1.807) is 0 Å². The number of carbonyl (C=O) groups is 1. The van der Waals surface area contributed by atoms with E-state index in [-0.39, 0.29) is 24.2 Å². The molecule has 0 radical (unpaired) electrons. The number of nitrogens with zero attached hydrogens (tertiary/aromatic N) is 1. The summed E-state index contributed by atoms with van der Waals surface area (Å²) < 4.78 is 0. The standard InChI is InChI=1S/C12H24N2O.ClH/c1-9(2)14(11-6-4-5-7-11)12(15)10(3)8-13;/h9-11H,4-8,13H2,1-3H3;1H. The third kappa shape index (κ3) is 3.63. The Kier molecular flexibility index (Phi) is 7.00. The van der Waals surface area contributed by atoms with Gasteiger partial charge in [-0.2, -0.15) is 0 Å². The van der Waals surface area contributed by atoms with E-state index in [2.05, 4.69) is 18.7 Å². The lowest BCUT2D eigenvalue weighted by molar-refractivity contribution is -0.139. The second-order valence-corrected chi connectivity index (χ2v) is 4.91. The summed E-state index contributed by atoms with van der Waals surface area (Å²) in [4.78, 5) is 14.2. The van der Waals surface area contributed by atoms with Crippen molar-refractivity contribution in [3.05, 3.63) is 0 Å². The Bertz CT molecular complexity index is 215. The van der Waals surface area contributed by atoms with Crippen molar-refractivity contribution >= 4 is 18.3 Å². The van der Waals surface area contributed by atoms with Gasteiger partial charge in [0.25, 0.3) is 0 Å². The zero-order valence-corrected chi connectivity index (χ0v) is 11.4. The summed E-state index contributed by atoms with van der Waals surface area (Å²) in [5, 5.41) is 0. The molecule has 1 amide bonds. The van der Waals surface area contributed by atoms with E-state index < -0.39 is 0 Å². The number of amides is 1. The Hall–Kier alpha value is -0.280. The fraction of sp³-hybridized carbons (Fsp3) is 0.917. The molecule has 1 fully saturated rings. The van der Waals surface area contributed by atoms with Gasteiger partial charge in [0.2, 0.25) is 5.91 Å². The van der Waals surface area contributed by atoms with Crippen LogP contribution in [0, 0.1) is 5.92 Å². The molecule has 16 heavy (non-hydrogen) atoms. The topological polar surface area (TPSA) is 46.3 Å². The van der Waals surface area contributed by atoms with Gasteiger partial charge in [0.1, 0.15) is 0 Å². The lowest BCUT2D eigenvalue weighted by Gasteiger charge is -2.34. The monoisotopic (exact) mass is 248 g/mol. The van der Waals surface area contributed by atoms with Gasteiger partial charge in [-0.1, -0.05) is 19.8 Å². The number of halogens is 1. The predicted molar refractivity (Wildman–Crippen MR) is 69.7 cm³/mol. The zero-order chi connectivity index (χ0) is 11.4. The maximum atomic E-state index is 12.1. The first-order chi connectivity index (χ1) is 7.07. The fourth-order valence-electron chi connectivity index (χ4n) is 2.39. The Morgan fingerprint density at radius 3 is 2.19 bits per heavy atom. The van der Waals surface area contributed by atoms with E-state index in [0.29, 0.717) is 18.6 Å². The number of hydrogen-bond acceptors (Lipinski definition) is 2. The average molecular weight is 249 g/mol. The minimum absolute atomic E-state index is 0. The number of hydrogen-bond donors (Lipinski definition) is 1. The molecular formula is C12H25ClN2O. The maximum absolute atomic E-state index is 12.1. The van der Waals surface area contributed by atoms with E-state index in [4.69, 9.17) is 5.73 Å². The van der Waals surface area contributed by atoms with E-state index in [9.17, 15) is 4.79 Å². The van der Waals surface area contributed by atoms with Crippen LogP contribution in [0.5, 0.6) is 0 Å². The summed E-state index contributed by atoms with van der Waals surface area (Å²) >= 11 is 0. The zero-order valence-electron chi connectivity index (χ0n) is 10.6. The lowest BCUT2D eigenvalue weighted by atomic mass is 10.1. The molecule has 1 aliphatic rings. The van der Waals surface area contributed by atoms with Crippen LogP contribution in [0.1, 0.15) is 46.5 Å². The molecule has 1 saturated carbocycles. The van der Waals surface area contributed by atoms with Gasteiger partial charge in [-0.3, -0.25) is 4.79 Å². The van der Waals surface area contributed by atoms with Gasteiger partial charge >= 0.3 is 0 Å². The van der Waals surface area contributed by atoms with Crippen LogP contribution in [-0.2, 0) is 4.79 Å². The third-order valence-corrected chi connectivity index (χ3v) is 3.30. The molecule has 0 aromatic rings. The molecule has 0 saturated heterocycles. The highest BCUT2D eigenvalue weighted by Gasteiger charge is 2.30. The van der Waals surface area contributed by atoms with Crippen molar-refractivity contribution in [1.82, 2.24) is 4.90 Å². The molecule has 3 nitrogen and oxygen atoms in total. The highest BCUT2D eigenvalue weighted by Crippen LogP contribution is 2.26. The number of nitrogens with two attached hydrogens (primary N) is 1. The molecule has 0 bridgehead atoms. The van der Waals surface area contributed by atoms with Crippen molar-refractivity contribution in [2.24, 2.45) is 11.7 Å². The predicted octanol–water partition coefficient (Wildman–Crippen LogP) is 2.18. The van der Waals surface area contributed by atoms with Crippen LogP contribution in [0.25, 0.3) is 0 Å². The first-order valence-corrected chi connectivity index (χ1v) is 6.10. The molecule has 0 spiro atoms. The Morgan fingerprint density at radius 1 is 1.31 bits per heavy atom. The third-order valence-electron chi connectivity index (χ3n) is 3.30. The average Bonchev–Trinajstić information content (AvgIpc) is 2.69. The number of rotatable bonds is 4. The quantitative estimate of drug-likeness (QED) is 0.829. The van der Waals surface area contributed by atoms with Crippen LogP contribution in [0.4, 0.5) is 0 Å². The van der Waals surface area contributed by atoms with Crippen molar-refractivity contribution in [1.29, 1.82) is 0 Å². The van der Waals surface area contributed by atoms with Gasteiger partial charge in [0.05, 0.1) is 0 Å². The molecule has 1 rings (SSSR count). The van der Waals surface area contributed by atoms with Gasteiger partial charge in [-0.05, 0) is 26.7 Å². The van der Waals surface area contributed by atoms with E-state index in [1.165, 1.54) is 25.7 Å². The minimum Gasteiger partial charge on any atom is -0.337 e. The van der Waals surface area contributed by atoms with Crippen molar-refractivity contribution in [2.45, 2.75) is 58.5 Å². The molecular weight excluding hydrogens is 224 g/mol. The molecule has 0 aromatic carbocycles. The van der Waals surface area contributed by atoms with Gasteiger partial charge < -0.3 is 10.6 Å². The summed E-state index contributed by atoms with van der Waals surface area (Å²) in [6.07, 6.45) is 4.86. The number of carbonyl (C=O) groups excluding carboxylic acids is 1. The lowest BCUT2D eigenvalue weighted by Crippen LogP contribution is -2.47. The summed E-state index contributed by atoms with van der Waals surface area (Å²) in [6.45, 7) is 6.57. The highest BCUT2D eigenvalue weighted by atomic mass is 35.5. The molecule has 96 valence electrons. The van der Waals surface area contributed by atoms with Crippen molar-refractivity contribution in [2.75, 3.05) is 6.54 Å². The molecule has 2 N–H and O–H groups in total.